The van der Waals surface area contributed by atoms with Crippen LogP contribution in [0.2, 0.25) is 0 Å². The smallest absolute Gasteiger partial charge is 0.223 e. The first-order chi connectivity index (χ1) is 13.6. The Morgan fingerprint density at radius 2 is 1.82 bits per heavy atom. The minimum atomic E-state index is -0.192. The minimum absolute atomic E-state index is 0.0564. The van der Waals surface area contributed by atoms with Crippen molar-refractivity contribution >= 4 is 0 Å². The van der Waals surface area contributed by atoms with Gasteiger partial charge in [-0.3, -0.25) is 9.69 Å². The highest BCUT2D eigenvalue weighted by atomic mass is 19.1. The van der Waals surface area contributed by atoms with Gasteiger partial charge in [-0.2, -0.15) is 0 Å². The van der Waals surface area contributed by atoms with Gasteiger partial charge in [0.25, 0.3) is 0 Å². The van der Waals surface area contributed by atoms with Crippen molar-refractivity contribution in [2.45, 2.75) is 32.7 Å². The van der Waals surface area contributed by atoms with Gasteiger partial charge >= 0.3 is 0 Å². The fraction of sp³-hybridized carbons (Fsp3) is 0.261. The van der Waals surface area contributed by atoms with E-state index in [-0.39, 0.29) is 17.3 Å². The van der Waals surface area contributed by atoms with Gasteiger partial charge in [-0.25, -0.2) is 4.39 Å². The van der Waals surface area contributed by atoms with Crippen LogP contribution in [-0.2, 0) is 19.7 Å². The number of pyridine rings is 1. The second-order valence-electron chi connectivity index (χ2n) is 7.13. The number of ether oxygens (including phenoxy) is 1. The maximum atomic E-state index is 14.1. The van der Waals surface area contributed by atoms with Gasteiger partial charge in [0.2, 0.25) is 5.43 Å². The second kappa shape index (κ2) is 7.98. The van der Waals surface area contributed by atoms with Crippen molar-refractivity contribution in [3.05, 3.63) is 99.7 Å². The largest absolute Gasteiger partial charge is 0.483 e. The summed E-state index contributed by atoms with van der Waals surface area (Å²) in [5.74, 6) is 0.172. The van der Waals surface area contributed by atoms with E-state index in [1.54, 1.807) is 18.3 Å². The van der Waals surface area contributed by atoms with Crippen molar-refractivity contribution in [2.75, 3.05) is 6.54 Å². The fourth-order valence-corrected chi connectivity index (χ4v) is 3.65. The van der Waals surface area contributed by atoms with E-state index in [0.717, 1.165) is 24.3 Å². The first-order valence-corrected chi connectivity index (χ1v) is 9.50. The molecular formula is C23H23FN2O2. The first-order valence-electron chi connectivity index (χ1n) is 9.50. The maximum absolute atomic E-state index is 14.1. The summed E-state index contributed by atoms with van der Waals surface area (Å²) in [5.41, 5.74) is 2.50. The van der Waals surface area contributed by atoms with Gasteiger partial charge in [-0.05, 0) is 18.6 Å². The van der Waals surface area contributed by atoms with Crippen LogP contribution in [0.15, 0.2) is 71.7 Å². The van der Waals surface area contributed by atoms with Crippen molar-refractivity contribution in [3.8, 4) is 5.75 Å². The Morgan fingerprint density at radius 1 is 1.07 bits per heavy atom. The lowest BCUT2D eigenvalue weighted by atomic mass is 10.0. The monoisotopic (exact) mass is 378 g/mol. The van der Waals surface area contributed by atoms with Crippen molar-refractivity contribution < 1.29 is 9.13 Å². The summed E-state index contributed by atoms with van der Waals surface area (Å²) in [6.07, 6.45) is 1.80. The Morgan fingerprint density at radius 3 is 2.61 bits per heavy atom. The molecule has 0 saturated carbocycles. The topological polar surface area (TPSA) is 34.5 Å². The number of benzene rings is 2. The molecule has 2 aromatic carbocycles. The van der Waals surface area contributed by atoms with Crippen LogP contribution in [0.1, 0.15) is 29.8 Å². The van der Waals surface area contributed by atoms with E-state index in [2.05, 4.69) is 9.47 Å². The van der Waals surface area contributed by atoms with Crippen LogP contribution >= 0.6 is 0 Å². The van der Waals surface area contributed by atoms with Crippen LogP contribution in [0.25, 0.3) is 0 Å². The van der Waals surface area contributed by atoms with E-state index in [1.165, 1.54) is 6.07 Å². The van der Waals surface area contributed by atoms with Crippen LogP contribution in [0.4, 0.5) is 4.39 Å². The van der Waals surface area contributed by atoms with E-state index in [4.69, 9.17) is 4.74 Å². The third-order valence-corrected chi connectivity index (χ3v) is 5.32. The van der Waals surface area contributed by atoms with Gasteiger partial charge in [-0.1, -0.05) is 48.5 Å². The molecule has 5 heteroatoms. The lowest BCUT2D eigenvalue weighted by molar-refractivity contribution is 0.161. The number of rotatable bonds is 5. The molecular weight excluding hydrogens is 355 g/mol. The Bertz CT molecular complexity index is 1020. The number of aromatic nitrogens is 1. The number of fused-ring (bicyclic) bond motifs is 1. The Labute approximate surface area is 163 Å². The summed E-state index contributed by atoms with van der Waals surface area (Å²) >= 11 is 0. The van der Waals surface area contributed by atoms with Gasteiger partial charge < -0.3 is 9.30 Å². The van der Waals surface area contributed by atoms with Gasteiger partial charge in [0.05, 0.1) is 6.20 Å². The standard InChI is InChI=1S/C23H23FN2O2/c1-17(20-9-5-6-10-21(20)24)25-11-12-26-15-23(22(27)13-19(26)14-25)28-16-18-7-3-2-4-8-18/h2-10,13,15,17H,11-12,14,16H2,1H3. The summed E-state index contributed by atoms with van der Waals surface area (Å²) in [5, 5.41) is 0. The number of hydrogen-bond donors (Lipinski definition) is 0. The maximum Gasteiger partial charge on any atom is 0.223 e. The molecule has 2 heterocycles. The average Bonchev–Trinajstić information content (AvgIpc) is 2.72. The van der Waals surface area contributed by atoms with Crippen molar-refractivity contribution in [2.24, 2.45) is 0 Å². The SMILES string of the molecule is CC(c1ccccc1F)N1CCn2cc(OCc3ccccc3)c(=O)cc2C1. The molecule has 0 amide bonds. The van der Waals surface area contributed by atoms with Gasteiger partial charge in [0.15, 0.2) is 5.75 Å². The van der Waals surface area contributed by atoms with Crippen LogP contribution in [0.5, 0.6) is 5.75 Å². The molecule has 1 unspecified atom stereocenters. The van der Waals surface area contributed by atoms with E-state index in [9.17, 15) is 9.18 Å². The van der Waals surface area contributed by atoms with E-state index >= 15 is 0 Å². The Balaban J connectivity index is 1.50. The predicted octanol–water partition coefficient (Wildman–Crippen LogP) is 4.14. The molecule has 1 atom stereocenters. The molecule has 0 saturated heterocycles. The zero-order valence-electron chi connectivity index (χ0n) is 15.8. The van der Waals surface area contributed by atoms with Crippen molar-refractivity contribution in [3.63, 3.8) is 0 Å². The fourth-order valence-electron chi connectivity index (χ4n) is 3.65. The third-order valence-electron chi connectivity index (χ3n) is 5.32. The summed E-state index contributed by atoms with van der Waals surface area (Å²) in [6, 6.07) is 18.2. The zero-order valence-corrected chi connectivity index (χ0v) is 15.8. The summed E-state index contributed by atoms with van der Waals surface area (Å²) < 4.78 is 21.9. The second-order valence-corrected chi connectivity index (χ2v) is 7.13. The van der Waals surface area contributed by atoms with E-state index in [0.29, 0.717) is 24.5 Å². The molecule has 1 aromatic heterocycles. The number of halogens is 1. The first kappa shape index (κ1) is 18.4. The molecule has 0 N–H and O–H groups in total. The van der Waals surface area contributed by atoms with Crippen LogP contribution < -0.4 is 10.2 Å². The molecule has 28 heavy (non-hydrogen) atoms. The lowest BCUT2D eigenvalue weighted by Crippen LogP contribution is -2.37. The summed E-state index contributed by atoms with van der Waals surface area (Å²) in [7, 11) is 0. The number of nitrogens with zero attached hydrogens (tertiary/aromatic N) is 2. The van der Waals surface area contributed by atoms with E-state index in [1.807, 2.05) is 49.4 Å². The van der Waals surface area contributed by atoms with Crippen LogP contribution in [-0.4, -0.2) is 16.0 Å². The van der Waals surface area contributed by atoms with Crippen molar-refractivity contribution in [1.29, 1.82) is 0 Å². The quantitative estimate of drug-likeness (QED) is 0.669. The Kier molecular flexibility index (Phi) is 5.26. The molecule has 144 valence electrons. The molecule has 0 aliphatic carbocycles. The summed E-state index contributed by atoms with van der Waals surface area (Å²) in [6.45, 7) is 4.48. The van der Waals surface area contributed by atoms with E-state index < -0.39 is 0 Å². The Hall–Kier alpha value is -2.92. The molecule has 4 nitrogen and oxygen atoms in total. The van der Waals surface area contributed by atoms with Crippen LogP contribution in [0, 0.1) is 5.82 Å². The molecule has 1 aliphatic rings. The zero-order chi connectivity index (χ0) is 19.5. The molecule has 0 spiro atoms. The molecule has 0 radical (unpaired) electrons. The minimum Gasteiger partial charge on any atom is -0.483 e. The molecule has 0 fully saturated rings. The highest BCUT2D eigenvalue weighted by Crippen LogP contribution is 2.27. The molecule has 0 bridgehead atoms. The van der Waals surface area contributed by atoms with Gasteiger partial charge in [0, 0.05) is 43.0 Å². The average molecular weight is 378 g/mol. The van der Waals surface area contributed by atoms with Gasteiger partial charge in [-0.15, -0.1) is 0 Å². The summed E-state index contributed by atoms with van der Waals surface area (Å²) in [4.78, 5) is 14.7. The number of hydrogen-bond acceptors (Lipinski definition) is 3. The molecule has 1 aliphatic heterocycles. The van der Waals surface area contributed by atoms with Crippen molar-refractivity contribution in [1.82, 2.24) is 9.47 Å². The van der Waals surface area contributed by atoms with Gasteiger partial charge in [0.1, 0.15) is 12.4 Å². The van der Waals surface area contributed by atoms with Crippen LogP contribution in [0.3, 0.4) is 0 Å². The molecule has 3 aromatic rings. The third kappa shape index (κ3) is 3.85. The normalized spacial score (nSPS) is 15.1. The molecule has 4 rings (SSSR count). The highest BCUT2D eigenvalue weighted by molar-refractivity contribution is 5.25. The lowest BCUT2D eigenvalue weighted by Gasteiger charge is -2.35. The predicted molar refractivity (Wildman–Crippen MR) is 107 cm³/mol. The highest BCUT2D eigenvalue weighted by Gasteiger charge is 2.24.